The lowest BCUT2D eigenvalue weighted by Crippen LogP contribution is -2.42. The monoisotopic (exact) mass is 320 g/mol. The fourth-order valence-electron chi connectivity index (χ4n) is 2.60. The van der Waals surface area contributed by atoms with E-state index in [1.165, 1.54) is 0 Å². The van der Waals surface area contributed by atoms with Crippen LogP contribution in [0.3, 0.4) is 0 Å². The molecule has 6 nitrogen and oxygen atoms in total. The Morgan fingerprint density at radius 3 is 2.74 bits per heavy atom. The van der Waals surface area contributed by atoms with Gasteiger partial charge < -0.3 is 19.9 Å². The van der Waals surface area contributed by atoms with Gasteiger partial charge in [0.15, 0.2) is 0 Å². The number of nitrogens with one attached hydrogen (secondary N) is 1. The van der Waals surface area contributed by atoms with Crippen LogP contribution in [0.25, 0.3) is 0 Å². The van der Waals surface area contributed by atoms with Crippen LogP contribution in [-0.2, 0) is 4.74 Å². The van der Waals surface area contributed by atoms with Crippen molar-refractivity contribution in [3.8, 4) is 0 Å². The van der Waals surface area contributed by atoms with Crippen molar-refractivity contribution in [2.24, 2.45) is 0 Å². The molecule has 1 saturated heterocycles. The average molecular weight is 320 g/mol. The Kier molecular flexibility index (Phi) is 5.34. The van der Waals surface area contributed by atoms with Crippen LogP contribution in [0.2, 0.25) is 0 Å². The normalized spacial score (nSPS) is 18.0. The molecular formula is C17H28N4O2. The number of hydrogen-bond acceptors (Lipinski definition) is 5. The minimum atomic E-state index is -0.455. The molecule has 1 unspecified atom stereocenters. The van der Waals surface area contributed by atoms with Crippen molar-refractivity contribution in [2.45, 2.75) is 45.3 Å². The summed E-state index contributed by atoms with van der Waals surface area (Å²) in [5.74, 6) is 0.923. The molecule has 0 bridgehead atoms. The number of amides is 1. The van der Waals surface area contributed by atoms with E-state index in [0.29, 0.717) is 6.54 Å². The second-order valence-corrected chi connectivity index (χ2v) is 7.15. The van der Waals surface area contributed by atoms with Crippen molar-refractivity contribution in [1.82, 2.24) is 9.88 Å². The number of hydrogen-bond donors (Lipinski definition) is 1. The zero-order valence-corrected chi connectivity index (χ0v) is 14.8. The second-order valence-electron chi connectivity index (χ2n) is 7.15. The molecule has 1 amide bonds. The molecule has 1 aliphatic rings. The number of aromatic nitrogens is 1. The molecule has 23 heavy (non-hydrogen) atoms. The van der Waals surface area contributed by atoms with Crippen molar-refractivity contribution < 1.29 is 9.53 Å². The smallest absolute Gasteiger partial charge is 0.410 e. The van der Waals surface area contributed by atoms with Crippen molar-refractivity contribution >= 4 is 17.6 Å². The van der Waals surface area contributed by atoms with Gasteiger partial charge in [-0.05, 0) is 45.7 Å². The van der Waals surface area contributed by atoms with E-state index < -0.39 is 5.60 Å². The number of pyridine rings is 1. The van der Waals surface area contributed by atoms with Gasteiger partial charge in [0, 0.05) is 27.2 Å². The van der Waals surface area contributed by atoms with Gasteiger partial charge in [-0.3, -0.25) is 0 Å². The number of ether oxygens (including phenoxy) is 1. The predicted molar refractivity (Wildman–Crippen MR) is 93.0 cm³/mol. The van der Waals surface area contributed by atoms with Gasteiger partial charge in [-0.1, -0.05) is 0 Å². The van der Waals surface area contributed by atoms with Crippen molar-refractivity contribution in [3.63, 3.8) is 0 Å². The van der Waals surface area contributed by atoms with E-state index in [0.717, 1.165) is 30.9 Å². The number of likely N-dealkylation sites (tertiary alicyclic amines) is 1. The summed E-state index contributed by atoms with van der Waals surface area (Å²) in [7, 11) is 3.93. The van der Waals surface area contributed by atoms with Gasteiger partial charge in [0.25, 0.3) is 0 Å². The van der Waals surface area contributed by atoms with Crippen LogP contribution in [0.15, 0.2) is 18.3 Å². The van der Waals surface area contributed by atoms with Gasteiger partial charge in [-0.25, -0.2) is 9.78 Å². The van der Waals surface area contributed by atoms with Crippen LogP contribution in [0.4, 0.5) is 16.3 Å². The fourth-order valence-corrected chi connectivity index (χ4v) is 2.60. The minimum absolute atomic E-state index is 0.165. The molecule has 0 aromatic carbocycles. The molecular weight excluding hydrogens is 292 g/mol. The summed E-state index contributed by atoms with van der Waals surface area (Å²) >= 11 is 0. The van der Waals surface area contributed by atoms with E-state index in [9.17, 15) is 4.79 Å². The van der Waals surface area contributed by atoms with E-state index in [1.807, 2.05) is 63.0 Å². The zero-order chi connectivity index (χ0) is 17.0. The average Bonchev–Trinajstić information content (AvgIpc) is 2.92. The topological polar surface area (TPSA) is 57.7 Å². The lowest BCUT2D eigenvalue weighted by Gasteiger charge is -2.28. The highest BCUT2D eigenvalue weighted by Gasteiger charge is 2.31. The quantitative estimate of drug-likeness (QED) is 0.924. The van der Waals surface area contributed by atoms with Crippen LogP contribution in [-0.4, -0.2) is 54.8 Å². The maximum absolute atomic E-state index is 12.3. The third-order valence-electron chi connectivity index (χ3n) is 3.75. The summed E-state index contributed by atoms with van der Waals surface area (Å²) in [6.45, 7) is 7.16. The highest BCUT2D eigenvalue weighted by Crippen LogP contribution is 2.21. The maximum atomic E-state index is 12.3. The molecule has 6 heteroatoms. The lowest BCUT2D eigenvalue weighted by molar-refractivity contribution is 0.0235. The van der Waals surface area contributed by atoms with E-state index >= 15 is 0 Å². The number of rotatable bonds is 4. The molecule has 128 valence electrons. The molecule has 1 aliphatic heterocycles. The zero-order valence-electron chi connectivity index (χ0n) is 14.8. The Bertz CT molecular complexity index is 522. The van der Waals surface area contributed by atoms with Gasteiger partial charge >= 0.3 is 6.09 Å². The predicted octanol–water partition coefficient (Wildman–Crippen LogP) is 2.96. The van der Waals surface area contributed by atoms with Gasteiger partial charge in [0.05, 0.1) is 17.9 Å². The Labute approximate surface area is 138 Å². The van der Waals surface area contributed by atoms with Gasteiger partial charge in [0.1, 0.15) is 11.4 Å². The Morgan fingerprint density at radius 1 is 1.43 bits per heavy atom. The van der Waals surface area contributed by atoms with Crippen LogP contribution >= 0.6 is 0 Å². The molecule has 1 aromatic rings. The second kappa shape index (κ2) is 7.06. The molecule has 0 radical (unpaired) electrons. The van der Waals surface area contributed by atoms with Crippen LogP contribution < -0.4 is 10.2 Å². The molecule has 0 aliphatic carbocycles. The lowest BCUT2D eigenvalue weighted by atomic mass is 10.2. The Balaban J connectivity index is 1.90. The molecule has 1 N–H and O–H groups in total. The number of carbonyl (C=O) groups excluding carboxylic acids is 1. The summed E-state index contributed by atoms with van der Waals surface area (Å²) in [4.78, 5) is 20.4. The minimum Gasteiger partial charge on any atom is -0.444 e. The summed E-state index contributed by atoms with van der Waals surface area (Å²) < 4.78 is 5.49. The standard InChI is InChI=1S/C17H28N4O2/c1-17(2,3)23-16(22)21-10-6-7-14(21)12-18-13-8-9-15(19-11-13)20(4)5/h8-9,11,14,18H,6-7,10,12H2,1-5H3. The molecule has 1 atom stereocenters. The van der Waals surface area contributed by atoms with Crippen molar-refractivity contribution in [3.05, 3.63) is 18.3 Å². The molecule has 0 spiro atoms. The first-order valence-electron chi connectivity index (χ1n) is 8.13. The molecule has 2 heterocycles. The van der Waals surface area contributed by atoms with E-state index in [4.69, 9.17) is 4.74 Å². The maximum Gasteiger partial charge on any atom is 0.410 e. The third kappa shape index (κ3) is 5.01. The molecule has 1 aromatic heterocycles. The highest BCUT2D eigenvalue weighted by molar-refractivity contribution is 5.69. The van der Waals surface area contributed by atoms with E-state index in [2.05, 4.69) is 10.3 Å². The number of carbonyl (C=O) groups is 1. The Hall–Kier alpha value is -1.98. The van der Waals surface area contributed by atoms with E-state index in [1.54, 1.807) is 0 Å². The van der Waals surface area contributed by atoms with Crippen LogP contribution in [0.1, 0.15) is 33.6 Å². The molecule has 1 fully saturated rings. The summed E-state index contributed by atoms with van der Waals surface area (Å²) in [6, 6.07) is 4.15. The third-order valence-corrected chi connectivity index (χ3v) is 3.75. The largest absolute Gasteiger partial charge is 0.444 e. The van der Waals surface area contributed by atoms with Gasteiger partial charge in [-0.15, -0.1) is 0 Å². The summed E-state index contributed by atoms with van der Waals surface area (Å²) in [5.41, 5.74) is 0.510. The SMILES string of the molecule is CN(C)c1ccc(NCC2CCCN2C(=O)OC(C)(C)C)cn1. The van der Waals surface area contributed by atoms with Crippen molar-refractivity contribution in [2.75, 3.05) is 37.4 Å². The first-order chi connectivity index (χ1) is 10.8. The molecule has 0 saturated carbocycles. The first-order valence-corrected chi connectivity index (χ1v) is 8.13. The van der Waals surface area contributed by atoms with Crippen molar-refractivity contribution in [1.29, 1.82) is 0 Å². The van der Waals surface area contributed by atoms with Gasteiger partial charge in [0.2, 0.25) is 0 Å². The van der Waals surface area contributed by atoms with Crippen LogP contribution in [0.5, 0.6) is 0 Å². The van der Waals surface area contributed by atoms with Gasteiger partial charge in [-0.2, -0.15) is 0 Å². The molecule has 2 rings (SSSR count). The van der Waals surface area contributed by atoms with E-state index in [-0.39, 0.29) is 12.1 Å². The number of anilines is 2. The fraction of sp³-hybridized carbons (Fsp3) is 0.647. The first kappa shape index (κ1) is 17.4. The summed E-state index contributed by atoms with van der Waals surface area (Å²) in [6.07, 6.45) is 3.61. The Morgan fingerprint density at radius 2 is 2.17 bits per heavy atom. The highest BCUT2D eigenvalue weighted by atomic mass is 16.6. The van der Waals surface area contributed by atoms with Crippen LogP contribution in [0, 0.1) is 0 Å². The summed E-state index contributed by atoms with van der Waals surface area (Å²) in [5, 5.41) is 3.37. The number of nitrogens with zero attached hydrogens (tertiary/aromatic N) is 3.